The number of aliphatic carboxylic acids is 1. The second-order valence-corrected chi connectivity index (χ2v) is 8.47. The fourth-order valence-electron chi connectivity index (χ4n) is 3.71. The summed E-state index contributed by atoms with van der Waals surface area (Å²) in [7, 11) is 1.62. The minimum Gasteiger partial charge on any atom is -0.480 e. The van der Waals surface area contributed by atoms with E-state index >= 15 is 0 Å². The van der Waals surface area contributed by atoms with Gasteiger partial charge >= 0.3 is 12.0 Å². The van der Waals surface area contributed by atoms with Crippen molar-refractivity contribution >= 4 is 29.3 Å². The summed E-state index contributed by atoms with van der Waals surface area (Å²) in [6.45, 7) is 2.69. The number of ketones is 1. The monoisotopic (exact) mass is 488 g/mol. The molecule has 8 nitrogen and oxygen atoms in total. The Morgan fingerprint density at radius 3 is 2.39 bits per heavy atom. The molecule has 0 spiro atoms. The highest BCUT2D eigenvalue weighted by atomic mass is 16.4. The van der Waals surface area contributed by atoms with Crippen LogP contribution in [0.1, 0.15) is 47.8 Å². The van der Waals surface area contributed by atoms with Gasteiger partial charge in [-0.05, 0) is 30.7 Å². The van der Waals surface area contributed by atoms with Gasteiger partial charge in [0.25, 0.3) is 0 Å². The van der Waals surface area contributed by atoms with Crippen molar-refractivity contribution in [1.29, 1.82) is 0 Å². The van der Waals surface area contributed by atoms with Gasteiger partial charge in [0.1, 0.15) is 11.9 Å². The fraction of sp³-hybridized carbons (Fsp3) is 0.286. The minimum absolute atomic E-state index is 0.0585. The second-order valence-electron chi connectivity index (χ2n) is 8.47. The van der Waals surface area contributed by atoms with E-state index in [1.54, 1.807) is 73.8 Å². The van der Waals surface area contributed by atoms with E-state index < -0.39 is 12.0 Å². The lowest BCUT2D eigenvalue weighted by Gasteiger charge is -2.20. The maximum Gasteiger partial charge on any atom is 0.326 e. The van der Waals surface area contributed by atoms with Crippen LogP contribution < -0.4 is 15.5 Å². The summed E-state index contributed by atoms with van der Waals surface area (Å²) in [4.78, 5) is 43.5. The predicted octanol–water partition coefficient (Wildman–Crippen LogP) is 4.76. The molecule has 3 rings (SSSR count). The van der Waals surface area contributed by atoms with Crippen molar-refractivity contribution in [3.63, 3.8) is 0 Å². The number of amides is 2. The van der Waals surface area contributed by atoms with Crippen molar-refractivity contribution < 1.29 is 19.5 Å². The quantitative estimate of drug-likeness (QED) is 0.250. The number of nitrogens with one attached hydrogen (secondary N) is 2. The molecular weight excluding hydrogens is 456 g/mol. The number of hydrogen-bond donors (Lipinski definition) is 3. The van der Waals surface area contributed by atoms with E-state index in [0.717, 1.165) is 19.3 Å². The third-order valence-corrected chi connectivity index (χ3v) is 5.75. The number of carboxylic acid groups (broad SMARTS) is 1. The Morgan fingerprint density at radius 2 is 1.67 bits per heavy atom. The zero-order valence-electron chi connectivity index (χ0n) is 20.6. The van der Waals surface area contributed by atoms with Crippen LogP contribution in [-0.4, -0.2) is 47.5 Å². The number of carbonyl (C=O) groups excluding carboxylic acids is 2. The Kier molecular flexibility index (Phi) is 9.56. The third kappa shape index (κ3) is 7.15. The molecule has 2 amide bonds. The molecule has 0 aliphatic rings. The van der Waals surface area contributed by atoms with Gasteiger partial charge in [-0.25, -0.2) is 14.6 Å². The number of urea groups is 1. The molecule has 0 unspecified atom stereocenters. The molecule has 3 N–H and O–H groups in total. The number of para-hydroxylation sites is 1. The zero-order chi connectivity index (χ0) is 25.9. The Balaban J connectivity index is 1.74. The van der Waals surface area contributed by atoms with E-state index in [2.05, 4.69) is 22.5 Å². The lowest BCUT2D eigenvalue weighted by molar-refractivity contribution is -0.137. The van der Waals surface area contributed by atoms with E-state index in [4.69, 9.17) is 0 Å². The summed E-state index contributed by atoms with van der Waals surface area (Å²) in [5.74, 6) is -0.856. The molecule has 0 aliphatic carbocycles. The SMILES string of the molecule is CCCCCNC(=O)N(C)c1cccc(C[C@H](Nc2ccccc2C(=O)c2ccccc2)C(=O)O)n1. The van der Waals surface area contributed by atoms with Crippen molar-refractivity contribution in [3.05, 3.63) is 89.6 Å². The molecular formula is C28H32N4O4. The first-order valence-corrected chi connectivity index (χ1v) is 12.1. The number of nitrogens with zero attached hydrogens (tertiary/aromatic N) is 2. The standard InChI is InChI=1S/C28H32N4O4/c1-3-4-10-18-29-28(36)32(2)25-17-11-14-21(30-25)19-24(27(34)35)31-23-16-9-8-15-22(23)26(33)20-12-6-5-7-13-20/h5-9,11-17,24,31H,3-4,10,18-19H2,1-2H3,(H,29,36)(H,34,35)/t24-/m0/s1. The van der Waals surface area contributed by atoms with Crippen LogP contribution >= 0.6 is 0 Å². The van der Waals surface area contributed by atoms with Crippen molar-refractivity contribution in [1.82, 2.24) is 10.3 Å². The molecule has 36 heavy (non-hydrogen) atoms. The molecule has 0 saturated carbocycles. The number of unbranched alkanes of at least 4 members (excludes halogenated alkanes) is 2. The molecule has 1 aromatic heterocycles. The van der Waals surface area contributed by atoms with Crippen LogP contribution in [0, 0.1) is 0 Å². The summed E-state index contributed by atoms with van der Waals surface area (Å²) in [5.41, 5.74) is 1.84. The molecule has 0 fully saturated rings. The Bertz CT molecular complexity index is 1180. The summed E-state index contributed by atoms with van der Waals surface area (Å²) >= 11 is 0. The largest absolute Gasteiger partial charge is 0.480 e. The number of hydrogen-bond acceptors (Lipinski definition) is 5. The first-order valence-electron chi connectivity index (χ1n) is 12.1. The Hall–Kier alpha value is -4.20. The van der Waals surface area contributed by atoms with E-state index in [1.807, 2.05) is 6.07 Å². The van der Waals surface area contributed by atoms with Gasteiger partial charge in [0, 0.05) is 42.5 Å². The van der Waals surface area contributed by atoms with Gasteiger partial charge in [0.05, 0.1) is 0 Å². The smallest absolute Gasteiger partial charge is 0.326 e. The van der Waals surface area contributed by atoms with E-state index in [0.29, 0.717) is 34.9 Å². The third-order valence-electron chi connectivity index (χ3n) is 5.75. The van der Waals surface area contributed by atoms with Gasteiger partial charge in [-0.2, -0.15) is 0 Å². The van der Waals surface area contributed by atoms with Gasteiger partial charge in [0.15, 0.2) is 5.78 Å². The highest BCUT2D eigenvalue weighted by Gasteiger charge is 2.22. The van der Waals surface area contributed by atoms with Crippen LogP contribution in [0.5, 0.6) is 0 Å². The molecule has 2 aromatic carbocycles. The van der Waals surface area contributed by atoms with Crippen LogP contribution in [0.3, 0.4) is 0 Å². The van der Waals surface area contributed by atoms with Crippen LogP contribution in [0.15, 0.2) is 72.8 Å². The topological polar surface area (TPSA) is 112 Å². The summed E-state index contributed by atoms with van der Waals surface area (Å²) in [6, 6.07) is 19.5. The number of pyridine rings is 1. The van der Waals surface area contributed by atoms with Gasteiger partial charge in [0.2, 0.25) is 0 Å². The number of benzene rings is 2. The summed E-state index contributed by atoms with van der Waals surface area (Å²) < 4.78 is 0. The van der Waals surface area contributed by atoms with Gasteiger partial charge < -0.3 is 15.7 Å². The van der Waals surface area contributed by atoms with E-state index in [1.165, 1.54) is 4.90 Å². The molecule has 188 valence electrons. The lowest BCUT2D eigenvalue weighted by atomic mass is 10.0. The molecule has 8 heteroatoms. The normalized spacial score (nSPS) is 11.4. The fourth-order valence-corrected chi connectivity index (χ4v) is 3.71. The predicted molar refractivity (Wildman–Crippen MR) is 141 cm³/mol. The van der Waals surface area contributed by atoms with E-state index in [-0.39, 0.29) is 18.2 Å². The number of carbonyl (C=O) groups is 3. The van der Waals surface area contributed by atoms with Crippen LogP contribution in [-0.2, 0) is 11.2 Å². The molecule has 3 aromatic rings. The average molecular weight is 489 g/mol. The number of aromatic nitrogens is 1. The number of anilines is 2. The van der Waals surface area contributed by atoms with E-state index in [9.17, 15) is 19.5 Å². The van der Waals surface area contributed by atoms with Gasteiger partial charge in [-0.3, -0.25) is 9.69 Å². The number of carboxylic acids is 1. The van der Waals surface area contributed by atoms with Crippen LogP contribution in [0.25, 0.3) is 0 Å². The van der Waals surface area contributed by atoms with Crippen molar-refractivity contribution in [2.75, 3.05) is 23.8 Å². The average Bonchev–Trinajstić information content (AvgIpc) is 2.90. The van der Waals surface area contributed by atoms with Crippen LogP contribution in [0.4, 0.5) is 16.3 Å². The zero-order valence-corrected chi connectivity index (χ0v) is 20.6. The van der Waals surface area contributed by atoms with Crippen LogP contribution in [0.2, 0.25) is 0 Å². The first kappa shape index (κ1) is 26.4. The Labute approximate surface area is 211 Å². The molecule has 0 saturated heterocycles. The second kappa shape index (κ2) is 13.0. The molecule has 0 radical (unpaired) electrons. The summed E-state index contributed by atoms with van der Waals surface area (Å²) in [6.07, 6.45) is 3.08. The van der Waals surface area contributed by atoms with Gasteiger partial charge in [-0.15, -0.1) is 0 Å². The highest BCUT2D eigenvalue weighted by Crippen LogP contribution is 2.21. The van der Waals surface area contributed by atoms with Crippen molar-refractivity contribution in [2.45, 2.75) is 38.6 Å². The lowest BCUT2D eigenvalue weighted by Crippen LogP contribution is -2.38. The Morgan fingerprint density at radius 1 is 0.944 bits per heavy atom. The maximum absolute atomic E-state index is 13.0. The van der Waals surface area contributed by atoms with Gasteiger partial charge in [-0.1, -0.05) is 68.3 Å². The molecule has 0 aliphatic heterocycles. The minimum atomic E-state index is -1.08. The molecule has 0 bridgehead atoms. The van der Waals surface area contributed by atoms with Crippen molar-refractivity contribution in [3.8, 4) is 0 Å². The highest BCUT2D eigenvalue weighted by molar-refractivity contribution is 6.12. The number of rotatable bonds is 12. The molecule has 1 atom stereocenters. The maximum atomic E-state index is 13.0. The summed E-state index contributed by atoms with van der Waals surface area (Å²) in [5, 5.41) is 15.8. The first-order chi connectivity index (χ1) is 17.4. The molecule has 1 heterocycles. The van der Waals surface area contributed by atoms with Crippen molar-refractivity contribution in [2.24, 2.45) is 0 Å².